The Bertz CT molecular complexity index is 831. The van der Waals surface area contributed by atoms with Crippen molar-refractivity contribution in [3.8, 4) is 0 Å². The minimum absolute atomic E-state index is 0.198. The maximum Gasteiger partial charge on any atom is 0.244 e. The van der Waals surface area contributed by atoms with E-state index in [9.17, 15) is 4.79 Å². The van der Waals surface area contributed by atoms with Crippen LogP contribution in [-0.4, -0.2) is 48.5 Å². The average molecular weight is 419 g/mol. The number of halogens is 2. The first-order valence-corrected chi connectivity index (χ1v) is 10.1. The van der Waals surface area contributed by atoms with E-state index in [1.807, 2.05) is 18.3 Å². The van der Waals surface area contributed by atoms with E-state index < -0.39 is 0 Å². The molecule has 1 aliphatic rings. The topological polar surface area (TPSA) is 48.5 Å². The predicted octanol–water partition coefficient (Wildman–Crippen LogP) is 3.86. The number of nitrogens with zero attached hydrogens (tertiary/aromatic N) is 3. The van der Waals surface area contributed by atoms with Crippen LogP contribution in [0.25, 0.3) is 6.08 Å². The molecule has 1 aliphatic heterocycles. The van der Waals surface area contributed by atoms with Gasteiger partial charge in [0.1, 0.15) is 5.82 Å². The van der Waals surface area contributed by atoms with E-state index in [2.05, 4.69) is 27.0 Å². The predicted molar refractivity (Wildman–Crippen MR) is 116 cm³/mol. The van der Waals surface area contributed by atoms with Gasteiger partial charge in [-0.25, -0.2) is 4.98 Å². The zero-order valence-corrected chi connectivity index (χ0v) is 17.4. The van der Waals surface area contributed by atoms with E-state index in [0.29, 0.717) is 22.2 Å². The second kappa shape index (κ2) is 9.92. The first-order valence-electron chi connectivity index (χ1n) is 9.38. The highest BCUT2D eigenvalue weighted by Crippen LogP contribution is 2.21. The highest BCUT2D eigenvalue weighted by Gasteiger charge is 2.16. The molecule has 0 spiro atoms. The molecule has 3 rings (SSSR count). The number of pyridine rings is 1. The van der Waals surface area contributed by atoms with Crippen LogP contribution < -0.4 is 10.2 Å². The van der Waals surface area contributed by atoms with Crippen molar-refractivity contribution in [2.45, 2.75) is 13.5 Å². The smallest absolute Gasteiger partial charge is 0.244 e. The van der Waals surface area contributed by atoms with Gasteiger partial charge in [0.2, 0.25) is 5.91 Å². The van der Waals surface area contributed by atoms with Gasteiger partial charge < -0.3 is 15.1 Å². The van der Waals surface area contributed by atoms with Crippen LogP contribution >= 0.6 is 23.2 Å². The molecule has 28 heavy (non-hydrogen) atoms. The first kappa shape index (κ1) is 20.6. The molecule has 1 saturated heterocycles. The second-order valence-electron chi connectivity index (χ2n) is 6.66. The molecule has 1 aromatic heterocycles. The lowest BCUT2D eigenvalue weighted by atomic mass is 10.2. The molecular formula is C21H24Cl2N4O. The van der Waals surface area contributed by atoms with E-state index in [4.69, 9.17) is 23.2 Å². The van der Waals surface area contributed by atoms with Gasteiger partial charge in [-0.1, -0.05) is 36.2 Å². The maximum atomic E-state index is 12.1. The van der Waals surface area contributed by atoms with Gasteiger partial charge in [0.25, 0.3) is 0 Å². The molecule has 0 bridgehead atoms. The lowest BCUT2D eigenvalue weighted by molar-refractivity contribution is -0.116. The Morgan fingerprint density at radius 3 is 2.64 bits per heavy atom. The number of rotatable bonds is 6. The van der Waals surface area contributed by atoms with E-state index in [1.165, 1.54) is 6.08 Å². The Morgan fingerprint density at radius 2 is 1.96 bits per heavy atom. The van der Waals surface area contributed by atoms with Crippen LogP contribution in [0, 0.1) is 0 Å². The van der Waals surface area contributed by atoms with Crippen LogP contribution in [0.5, 0.6) is 0 Å². The zero-order chi connectivity index (χ0) is 19.9. The molecule has 1 N–H and O–H groups in total. The summed E-state index contributed by atoms with van der Waals surface area (Å²) in [5.41, 5.74) is 1.66. The standard InChI is InChI=1S/C21H24Cl2N4O/c1-2-26-9-11-27(12-10-26)20-7-3-16(14-24-20)15-25-21(28)8-4-17-13-18(22)5-6-19(17)23/h3-8,13-14H,2,9-12,15H2,1H3,(H,25,28). The lowest BCUT2D eigenvalue weighted by Crippen LogP contribution is -2.46. The molecular weight excluding hydrogens is 395 g/mol. The number of piperazine rings is 1. The number of nitrogens with one attached hydrogen (secondary N) is 1. The maximum absolute atomic E-state index is 12.1. The van der Waals surface area contributed by atoms with Crippen molar-refractivity contribution in [1.82, 2.24) is 15.2 Å². The third kappa shape index (κ3) is 5.71. The summed E-state index contributed by atoms with van der Waals surface area (Å²) in [6.45, 7) is 7.83. The molecule has 2 aromatic rings. The fourth-order valence-corrected chi connectivity index (χ4v) is 3.42. The molecule has 1 aromatic carbocycles. The second-order valence-corrected chi connectivity index (χ2v) is 7.51. The highest BCUT2D eigenvalue weighted by atomic mass is 35.5. The molecule has 1 amide bonds. The summed E-state index contributed by atoms with van der Waals surface area (Å²) in [7, 11) is 0. The number of hydrogen-bond acceptors (Lipinski definition) is 4. The Labute approximate surface area is 175 Å². The van der Waals surface area contributed by atoms with Gasteiger partial charge >= 0.3 is 0 Å². The third-order valence-electron chi connectivity index (χ3n) is 4.79. The third-order valence-corrected chi connectivity index (χ3v) is 5.37. The molecule has 0 unspecified atom stereocenters. The van der Waals surface area contributed by atoms with Crippen molar-refractivity contribution in [1.29, 1.82) is 0 Å². The Hall–Kier alpha value is -2.08. The van der Waals surface area contributed by atoms with Crippen LogP contribution in [0.4, 0.5) is 5.82 Å². The molecule has 148 valence electrons. The van der Waals surface area contributed by atoms with Gasteiger partial charge in [0.15, 0.2) is 0 Å². The fraction of sp³-hybridized carbons (Fsp3) is 0.333. The molecule has 5 nitrogen and oxygen atoms in total. The van der Waals surface area contributed by atoms with E-state index >= 15 is 0 Å². The number of carbonyl (C=O) groups excluding carboxylic acids is 1. The molecule has 7 heteroatoms. The summed E-state index contributed by atoms with van der Waals surface area (Å²) in [6.07, 6.45) is 4.92. The lowest BCUT2D eigenvalue weighted by Gasteiger charge is -2.34. The summed E-state index contributed by atoms with van der Waals surface area (Å²) < 4.78 is 0. The van der Waals surface area contributed by atoms with Crippen molar-refractivity contribution in [2.24, 2.45) is 0 Å². The highest BCUT2D eigenvalue weighted by molar-refractivity contribution is 6.34. The fourth-order valence-electron chi connectivity index (χ4n) is 3.06. The normalized spacial score (nSPS) is 15.2. The Balaban J connectivity index is 1.50. The van der Waals surface area contributed by atoms with E-state index in [1.54, 1.807) is 24.3 Å². The number of hydrogen-bond donors (Lipinski definition) is 1. The molecule has 0 aliphatic carbocycles. The Morgan fingerprint density at radius 1 is 1.18 bits per heavy atom. The molecule has 0 atom stereocenters. The van der Waals surface area contributed by atoms with Gasteiger partial charge in [-0.2, -0.15) is 0 Å². The summed E-state index contributed by atoms with van der Waals surface area (Å²) in [5, 5.41) is 3.98. The minimum atomic E-state index is -0.198. The number of carbonyl (C=O) groups is 1. The summed E-state index contributed by atoms with van der Waals surface area (Å²) in [5.74, 6) is 0.789. The zero-order valence-electron chi connectivity index (χ0n) is 15.9. The Kier molecular flexibility index (Phi) is 7.31. The van der Waals surface area contributed by atoms with Gasteiger partial charge in [-0.3, -0.25) is 4.79 Å². The summed E-state index contributed by atoms with van der Waals surface area (Å²) in [4.78, 5) is 21.3. The quantitative estimate of drug-likeness (QED) is 0.723. The van der Waals surface area contributed by atoms with Crippen LogP contribution in [0.3, 0.4) is 0 Å². The van der Waals surface area contributed by atoms with E-state index in [0.717, 1.165) is 44.1 Å². The van der Waals surface area contributed by atoms with Gasteiger partial charge in [-0.05, 0) is 48.0 Å². The van der Waals surface area contributed by atoms with Crippen LogP contribution in [0.2, 0.25) is 10.0 Å². The molecule has 2 heterocycles. The molecule has 1 fully saturated rings. The van der Waals surface area contributed by atoms with Crippen molar-refractivity contribution >= 4 is 41.0 Å². The number of likely N-dealkylation sites (N-methyl/N-ethyl adjacent to an activating group) is 1. The largest absolute Gasteiger partial charge is 0.354 e. The number of amides is 1. The van der Waals surface area contributed by atoms with Crippen molar-refractivity contribution in [2.75, 3.05) is 37.6 Å². The number of aromatic nitrogens is 1. The first-order chi connectivity index (χ1) is 13.5. The molecule has 0 radical (unpaired) electrons. The van der Waals surface area contributed by atoms with Crippen molar-refractivity contribution < 1.29 is 4.79 Å². The molecule has 0 saturated carbocycles. The average Bonchev–Trinajstić information content (AvgIpc) is 2.73. The van der Waals surface area contributed by atoms with Gasteiger partial charge in [0, 0.05) is 55.0 Å². The minimum Gasteiger partial charge on any atom is -0.354 e. The van der Waals surface area contributed by atoms with E-state index in [-0.39, 0.29) is 5.91 Å². The SMILES string of the molecule is CCN1CCN(c2ccc(CNC(=O)C=Cc3cc(Cl)ccc3Cl)cn2)CC1. The van der Waals surface area contributed by atoms with Crippen LogP contribution in [0.1, 0.15) is 18.1 Å². The van der Waals surface area contributed by atoms with Crippen LogP contribution in [-0.2, 0) is 11.3 Å². The summed E-state index contributed by atoms with van der Waals surface area (Å²) >= 11 is 12.0. The monoisotopic (exact) mass is 418 g/mol. The van der Waals surface area contributed by atoms with Crippen molar-refractivity contribution in [3.05, 3.63) is 63.8 Å². The van der Waals surface area contributed by atoms with Crippen LogP contribution in [0.15, 0.2) is 42.6 Å². The van der Waals surface area contributed by atoms with Crippen molar-refractivity contribution in [3.63, 3.8) is 0 Å². The number of benzene rings is 1. The van der Waals surface area contributed by atoms with Gasteiger partial charge in [0.05, 0.1) is 0 Å². The number of anilines is 1. The summed E-state index contributed by atoms with van der Waals surface area (Å²) in [6, 6.07) is 9.16. The van der Waals surface area contributed by atoms with Gasteiger partial charge in [-0.15, -0.1) is 0 Å².